The summed E-state index contributed by atoms with van der Waals surface area (Å²) in [5.41, 5.74) is 1.75. The number of non-ortho nitro benzene ring substituents is 1. The number of rotatable bonds is 4. The molecule has 0 aliphatic carbocycles. The summed E-state index contributed by atoms with van der Waals surface area (Å²) in [6.45, 7) is 0. The number of nitro groups is 1. The quantitative estimate of drug-likeness (QED) is 0.480. The van der Waals surface area contributed by atoms with E-state index in [2.05, 4.69) is 10.2 Å². The van der Waals surface area contributed by atoms with E-state index in [0.717, 1.165) is 0 Å². The van der Waals surface area contributed by atoms with Crippen LogP contribution in [0.25, 0.3) is 0 Å². The van der Waals surface area contributed by atoms with Gasteiger partial charge in [0.15, 0.2) is 10.6 Å². The van der Waals surface area contributed by atoms with Gasteiger partial charge in [-0.15, -0.1) is 10.2 Å². The maximum absolute atomic E-state index is 10.9. The van der Waals surface area contributed by atoms with Crippen molar-refractivity contribution in [2.45, 2.75) is 9.24 Å². The Bertz CT molecular complexity index is 557. The monoisotopic (exact) mass is 267 g/mol. The van der Waals surface area contributed by atoms with Crippen molar-refractivity contribution < 1.29 is 9.72 Å². The highest BCUT2D eigenvalue weighted by Gasteiger charge is 2.12. The molecule has 0 unspecified atom stereocenters. The predicted octanol–water partition coefficient (Wildman–Crippen LogP) is 2.41. The molecule has 0 radical (unpaired) electrons. The molecule has 0 saturated carbocycles. The lowest BCUT2D eigenvalue weighted by molar-refractivity contribution is -0.384. The number of aldehydes is 1. The number of carbonyl (C=O) groups excluding carboxylic acids is 1. The zero-order chi connectivity index (χ0) is 12.3. The van der Waals surface area contributed by atoms with Gasteiger partial charge >= 0.3 is 0 Å². The van der Waals surface area contributed by atoms with E-state index in [1.807, 2.05) is 0 Å². The number of aromatic nitrogens is 2. The first-order chi connectivity index (χ1) is 8.20. The Morgan fingerprint density at radius 3 is 2.88 bits per heavy atom. The SMILES string of the molecule is O=Cc1cc([N+](=O)[O-])ccc1Sc1nncs1. The number of nitro benzene ring substituents is 1. The molecule has 86 valence electrons. The number of carbonyl (C=O) groups is 1. The topological polar surface area (TPSA) is 86.0 Å². The Morgan fingerprint density at radius 2 is 2.29 bits per heavy atom. The first kappa shape index (κ1) is 11.7. The van der Waals surface area contributed by atoms with Crippen LogP contribution in [-0.4, -0.2) is 21.4 Å². The zero-order valence-corrected chi connectivity index (χ0v) is 9.90. The molecule has 0 atom stereocenters. The highest BCUT2D eigenvalue weighted by molar-refractivity contribution is 8.01. The van der Waals surface area contributed by atoms with Crippen LogP contribution in [-0.2, 0) is 0 Å². The fourth-order valence-electron chi connectivity index (χ4n) is 1.14. The van der Waals surface area contributed by atoms with Gasteiger partial charge in [0.2, 0.25) is 0 Å². The van der Waals surface area contributed by atoms with Gasteiger partial charge in [0.1, 0.15) is 5.51 Å². The van der Waals surface area contributed by atoms with Gasteiger partial charge in [-0.1, -0.05) is 23.1 Å². The Labute approximate surface area is 104 Å². The molecular formula is C9H5N3O3S2. The second-order valence-electron chi connectivity index (χ2n) is 2.90. The lowest BCUT2D eigenvalue weighted by atomic mass is 10.2. The van der Waals surface area contributed by atoms with Crippen LogP contribution in [0.1, 0.15) is 10.4 Å². The Kier molecular flexibility index (Phi) is 3.45. The molecule has 0 spiro atoms. The molecule has 2 rings (SSSR count). The smallest absolute Gasteiger partial charge is 0.270 e. The van der Waals surface area contributed by atoms with E-state index in [0.29, 0.717) is 15.5 Å². The van der Waals surface area contributed by atoms with Crippen LogP contribution >= 0.6 is 23.1 Å². The van der Waals surface area contributed by atoms with E-state index in [9.17, 15) is 14.9 Å². The van der Waals surface area contributed by atoms with Crippen LogP contribution in [0.2, 0.25) is 0 Å². The van der Waals surface area contributed by atoms with Crippen molar-refractivity contribution in [3.8, 4) is 0 Å². The van der Waals surface area contributed by atoms with Gasteiger partial charge in [0.05, 0.1) is 4.92 Å². The van der Waals surface area contributed by atoms with Crippen LogP contribution in [0.15, 0.2) is 32.9 Å². The van der Waals surface area contributed by atoms with Crippen molar-refractivity contribution in [3.05, 3.63) is 39.4 Å². The highest BCUT2D eigenvalue weighted by Crippen LogP contribution is 2.32. The van der Waals surface area contributed by atoms with Gasteiger partial charge in [-0.25, -0.2) is 0 Å². The molecule has 1 aromatic carbocycles. The Hall–Kier alpha value is -1.80. The summed E-state index contributed by atoms with van der Waals surface area (Å²) in [5.74, 6) is 0. The largest absolute Gasteiger partial charge is 0.298 e. The van der Waals surface area contributed by atoms with Crippen molar-refractivity contribution in [2.75, 3.05) is 0 Å². The van der Waals surface area contributed by atoms with Crippen molar-refractivity contribution in [1.82, 2.24) is 10.2 Å². The molecule has 2 aromatic rings. The molecule has 8 heteroatoms. The third-order valence-corrected chi connectivity index (χ3v) is 3.74. The number of hydrogen-bond acceptors (Lipinski definition) is 7. The second kappa shape index (κ2) is 5.02. The van der Waals surface area contributed by atoms with Crippen molar-refractivity contribution >= 4 is 35.1 Å². The molecule has 0 amide bonds. The molecule has 0 aliphatic heterocycles. The van der Waals surface area contributed by atoms with E-state index in [-0.39, 0.29) is 11.3 Å². The molecule has 1 aromatic heterocycles. The predicted molar refractivity (Wildman–Crippen MR) is 62.5 cm³/mol. The van der Waals surface area contributed by atoms with Gasteiger partial charge in [-0.05, 0) is 6.07 Å². The molecule has 6 nitrogen and oxygen atoms in total. The van der Waals surface area contributed by atoms with Gasteiger partial charge < -0.3 is 0 Å². The number of hydrogen-bond donors (Lipinski definition) is 0. The minimum absolute atomic E-state index is 0.103. The van der Waals surface area contributed by atoms with E-state index in [1.54, 1.807) is 5.51 Å². The Balaban J connectivity index is 2.34. The maximum Gasteiger partial charge on any atom is 0.270 e. The summed E-state index contributed by atoms with van der Waals surface area (Å²) in [7, 11) is 0. The van der Waals surface area contributed by atoms with Gasteiger partial charge in [0.25, 0.3) is 5.69 Å². The van der Waals surface area contributed by atoms with E-state index in [4.69, 9.17) is 0 Å². The minimum Gasteiger partial charge on any atom is -0.298 e. The fourth-order valence-corrected chi connectivity index (χ4v) is 2.64. The molecule has 1 heterocycles. The van der Waals surface area contributed by atoms with Crippen molar-refractivity contribution in [3.63, 3.8) is 0 Å². The first-order valence-electron chi connectivity index (χ1n) is 4.38. The van der Waals surface area contributed by atoms with E-state index in [1.165, 1.54) is 41.3 Å². The first-order valence-corrected chi connectivity index (χ1v) is 6.08. The molecule has 0 fully saturated rings. The lowest BCUT2D eigenvalue weighted by Gasteiger charge is -2.01. The molecule has 0 bridgehead atoms. The van der Waals surface area contributed by atoms with Crippen LogP contribution < -0.4 is 0 Å². The van der Waals surface area contributed by atoms with Gasteiger partial charge in [-0.2, -0.15) is 0 Å². The number of benzene rings is 1. The van der Waals surface area contributed by atoms with E-state index < -0.39 is 4.92 Å². The Morgan fingerprint density at radius 1 is 1.47 bits per heavy atom. The minimum atomic E-state index is -0.535. The molecule has 17 heavy (non-hydrogen) atoms. The summed E-state index contributed by atoms with van der Waals surface area (Å²) in [6, 6.07) is 4.14. The van der Waals surface area contributed by atoms with Crippen LogP contribution in [0.3, 0.4) is 0 Å². The summed E-state index contributed by atoms with van der Waals surface area (Å²) in [6.07, 6.45) is 0.594. The summed E-state index contributed by atoms with van der Waals surface area (Å²) >= 11 is 2.60. The summed E-state index contributed by atoms with van der Waals surface area (Å²) in [4.78, 5) is 21.5. The zero-order valence-electron chi connectivity index (χ0n) is 8.27. The van der Waals surface area contributed by atoms with Crippen LogP contribution in [0.5, 0.6) is 0 Å². The van der Waals surface area contributed by atoms with Gasteiger partial charge in [0, 0.05) is 22.6 Å². The van der Waals surface area contributed by atoms with E-state index >= 15 is 0 Å². The fraction of sp³-hybridized carbons (Fsp3) is 0. The lowest BCUT2D eigenvalue weighted by Crippen LogP contribution is -1.91. The van der Waals surface area contributed by atoms with Crippen molar-refractivity contribution in [2.24, 2.45) is 0 Å². The highest BCUT2D eigenvalue weighted by atomic mass is 32.2. The molecular weight excluding hydrogens is 262 g/mol. The second-order valence-corrected chi connectivity index (χ2v) is 5.03. The van der Waals surface area contributed by atoms with Crippen molar-refractivity contribution in [1.29, 1.82) is 0 Å². The third-order valence-electron chi connectivity index (χ3n) is 1.87. The average Bonchev–Trinajstić information content (AvgIpc) is 2.82. The van der Waals surface area contributed by atoms with Crippen LogP contribution in [0.4, 0.5) is 5.69 Å². The van der Waals surface area contributed by atoms with Crippen LogP contribution in [0, 0.1) is 10.1 Å². The maximum atomic E-state index is 10.9. The molecule has 0 aliphatic rings. The summed E-state index contributed by atoms with van der Waals surface area (Å²) in [5, 5.41) is 18.1. The standard InChI is InChI=1S/C9H5N3O3S2/c13-4-6-3-7(12(14)15)1-2-8(6)17-9-11-10-5-16-9/h1-5H. The van der Waals surface area contributed by atoms with Gasteiger partial charge in [-0.3, -0.25) is 14.9 Å². The molecule has 0 saturated heterocycles. The summed E-state index contributed by atoms with van der Waals surface area (Å²) < 4.78 is 0.682. The normalized spacial score (nSPS) is 10.1. The molecule has 0 N–H and O–H groups in total. The third kappa shape index (κ3) is 2.66. The average molecular weight is 267 g/mol. The number of nitrogens with zero attached hydrogens (tertiary/aromatic N) is 3.